The van der Waals surface area contributed by atoms with Crippen LogP contribution in [0.1, 0.15) is 213 Å². The van der Waals surface area contributed by atoms with Crippen LogP contribution >= 0.6 is 0 Å². The number of unbranched alkanes of at least 4 members (excludes halogenated alkanes) is 24. The summed E-state index contributed by atoms with van der Waals surface area (Å²) in [5, 5.41) is 33.4. The Hall–Kier alpha value is -1.43. The van der Waals surface area contributed by atoms with Gasteiger partial charge >= 0.3 is 0 Å². The van der Waals surface area contributed by atoms with E-state index < -0.39 is 18.2 Å². The molecule has 0 rings (SSSR count). The Morgan fingerprint density at radius 2 is 0.837 bits per heavy atom. The number of aliphatic hydroxyl groups excluding tert-OH is 3. The van der Waals surface area contributed by atoms with Gasteiger partial charge in [0, 0.05) is 6.42 Å². The van der Waals surface area contributed by atoms with Gasteiger partial charge in [-0.25, -0.2) is 0 Å². The molecule has 0 aromatic carbocycles. The van der Waals surface area contributed by atoms with E-state index in [1.165, 1.54) is 141 Å². The van der Waals surface area contributed by atoms with Gasteiger partial charge in [0.15, 0.2) is 0 Å². The fraction of sp³-hybridized carbons (Fsp3) is 0.841. The summed E-state index contributed by atoms with van der Waals surface area (Å²) in [6.07, 6.45) is 48.2. The molecule has 0 spiro atoms. The Bertz CT molecular complexity index is 764. The van der Waals surface area contributed by atoms with Gasteiger partial charge < -0.3 is 20.6 Å². The molecule has 288 valence electrons. The first kappa shape index (κ1) is 47.6. The maximum Gasteiger partial charge on any atom is 0.220 e. The lowest BCUT2D eigenvalue weighted by Crippen LogP contribution is -2.50. The van der Waals surface area contributed by atoms with Gasteiger partial charge in [-0.2, -0.15) is 0 Å². The van der Waals surface area contributed by atoms with Crippen LogP contribution in [0.3, 0.4) is 0 Å². The summed E-state index contributed by atoms with van der Waals surface area (Å²) >= 11 is 0. The Labute approximate surface area is 304 Å². The van der Waals surface area contributed by atoms with Crippen molar-refractivity contribution in [3.63, 3.8) is 0 Å². The Balaban J connectivity index is 3.71. The second-order valence-electron chi connectivity index (χ2n) is 14.5. The molecule has 5 heteroatoms. The summed E-state index contributed by atoms with van der Waals surface area (Å²) in [5.74, 6) is -0.163. The number of carbonyl (C=O) groups is 1. The Morgan fingerprint density at radius 3 is 1.24 bits per heavy atom. The highest BCUT2D eigenvalue weighted by Crippen LogP contribution is 2.14. The van der Waals surface area contributed by atoms with E-state index in [4.69, 9.17) is 0 Å². The quantitative estimate of drug-likeness (QED) is 0.0384. The van der Waals surface area contributed by atoms with Crippen LogP contribution in [-0.2, 0) is 4.79 Å². The molecular weight excluding hydrogens is 606 g/mol. The lowest BCUT2D eigenvalue weighted by atomic mass is 10.0. The largest absolute Gasteiger partial charge is 0.394 e. The summed E-state index contributed by atoms with van der Waals surface area (Å²) in [5.41, 5.74) is 0. The van der Waals surface area contributed by atoms with Crippen LogP contribution in [0.15, 0.2) is 36.5 Å². The number of aliphatic hydroxyl groups is 3. The highest BCUT2D eigenvalue weighted by Gasteiger charge is 2.26. The number of hydrogen-bond acceptors (Lipinski definition) is 4. The molecule has 0 aliphatic heterocycles. The smallest absolute Gasteiger partial charge is 0.220 e. The SMILES string of the molecule is CCCCCCCCC/C=C/CC/C=C/CCCC(O)C(O)C(CO)NC(=O)CCCCCCCCC/C=C\CCCCCCCCCC. The molecule has 0 fully saturated rings. The van der Waals surface area contributed by atoms with Gasteiger partial charge in [0.2, 0.25) is 5.91 Å². The van der Waals surface area contributed by atoms with Crippen LogP contribution in [-0.4, -0.2) is 46.1 Å². The molecule has 0 aliphatic rings. The predicted molar refractivity (Wildman–Crippen MR) is 213 cm³/mol. The van der Waals surface area contributed by atoms with Crippen LogP contribution in [0.5, 0.6) is 0 Å². The van der Waals surface area contributed by atoms with Gasteiger partial charge in [0.1, 0.15) is 6.10 Å². The zero-order chi connectivity index (χ0) is 35.9. The Kier molecular flexibility index (Phi) is 38.2. The van der Waals surface area contributed by atoms with E-state index in [0.29, 0.717) is 12.8 Å². The van der Waals surface area contributed by atoms with Crippen molar-refractivity contribution < 1.29 is 20.1 Å². The minimum absolute atomic E-state index is 0.163. The third-order valence-corrected chi connectivity index (χ3v) is 9.69. The molecule has 0 saturated carbocycles. The number of amides is 1. The van der Waals surface area contributed by atoms with Crippen molar-refractivity contribution in [1.29, 1.82) is 0 Å². The monoisotopic (exact) mass is 690 g/mol. The van der Waals surface area contributed by atoms with Crippen molar-refractivity contribution in [3.8, 4) is 0 Å². The Morgan fingerprint density at radius 1 is 0.490 bits per heavy atom. The third-order valence-electron chi connectivity index (χ3n) is 9.69. The van der Waals surface area contributed by atoms with Gasteiger partial charge in [-0.05, 0) is 77.0 Å². The van der Waals surface area contributed by atoms with Crippen LogP contribution in [0.2, 0.25) is 0 Å². The molecule has 0 saturated heterocycles. The van der Waals surface area contributed by atoms with E-state index in [2.05, 4.69) is 55.6 Å². The lowest BCUT2D eigenvalue weighted by Gasteiger charge is -2.26. The van der Waals surface area contributed by atoms with Gasteiger partial charge in [0.05, 0.1) is 18.8 Å². The standard InChI is InChI=1S/C44H83NO4/c1-3-5-7-9-11-13-15-17-19-21-22-23-25-27-29-31-33-35-37-39-43(48)45-41(40-46)44(49)42(47)38-36-34-32-30-28-26-24-20-18-16-14-12-10-8-6-4-2/h20-22,24,30,32,41-42,44,46-47,49H,3-19,23,25-29,31,33-40H2,1-2H3,(H,45,48)/b22-21-,24-20+,32-30+. The number of carbonyl (C=O) groups excluding carboxylic acids is 1. The first-order valence-corrected chi connectivity index (χ1v) is 21.3. The minimum Gasteiger partial charge on any atom is -0.394 e. The summed E-state index contributed by atoms with van der Waals surface area (Å²) < 4.78 is 0. The van der Waals surface area contributed by atoms with E-state index in [9.17, 15) is 20.1 Å². The number of nitrogens with one attached hydrogen (secondary N) is 1. The molecule has 3 unspecified atom stereocenters. The highest BCUT2D eigenvalue weighted by atomic mass is 16.3. The first-order chi connectivity index (χ1) is 24.1. The molecular formula is C44H83NO4. The van der Waals surface area contributed by atoms with Crippen molar-refractivity contribution in [2.75, 3.05) is 6.61 Å². The van der Waals surface area contributed by atoms with E-state index in [1.807, 2.05) is 0 Å². The summed E-state index contributed by atoms with van der Waals surface area (Å²) in [6.45, 7) is 4.15. The van der Waals surface area contributed by atoms with Gasteiger partial charge in [-0.15, -0.1) is 0 Å². The number of allylic oxidation sites excluding steroid dienone is 6. The lowest BCUT2D eigenvalue weighted by molar-refractivity contribution is -0.124. The summed E-state index contributed by atoms with van der Waals surface area (Å²) in [7, 11) is 0. The van der Waals surface area contributed by atoms with Crippen molar-refractivity contribution in [2.45, 2.75) is 231 Å². The molecule has 0 aromatic rings. The predicted octanol–water partition coefficient (Wildman–Crippen LogP) is 12.0. The van der Waals surface area contributed by atoms with Crippen molar-refractivity contribution in [1.82, 2.24) is 5.32 Å². The third kappa shape index (κ3) is 34.8. The summed E-state index contributed by atoms with van der Waals surface area (Å²) in [6, 6.07) is -0.833. The molecule has 4 N–H and O–H groups in total. The fourth-order valence-electron chi connectivity index (χ4n) is 6.35. The molecule has 0 bridgehead atoms. The topological polar surface area (TPSA) is 89.8 Å². The molecule has 5 nitrogen and oxygen atoms in total. The van der Waals surface area contributed by atoms with Gasteiger partial charge in [-0.1, -0.05) is 166 Å². The average molecular weight is 690 g/mol. The highest BCUT2D eigenvalue weighted by molar-refractivity contribution is 5.76. The average Bonchev–Trinajstić information content (AvgIpc) is 3.10. The van der Waals surface area contributed by atoms with Crippen LogP contribution in [0, 0.1) is 0 Å². The van der Waals surface area contributed by atoms with Crippen molar-refractivity contribution in [3.05, 3.63) is 36.5 Å². The number of hydrogen-bond donors (Lipinski definition) is 4. The zero-order valence-electron chi connectivity index (χ0n) is 32.6. The van der Waals surface area contributed by atoms with Gasteiger partial charge in [0.25, 0.3) is 0 Å². The normalized spacial score (nSPS) is 14.0. The van der Waals surface area contributed by atoms with Crippen LogP contribution in [0.4, 0.5) is 0 Å². The van der Waals surface area contributed by atoms with Crippen molar-refractivity contribution in [2.24, 2.45) is 0 Å². The molecule has 3 atom stereocenters. The molecule has 1 amide bonds. The van der Waals surface area contributed by atoms with E-state index >= 15 is 0 Å². The summed E-state index contributed by atoms with van der Waals surface area (Å²) in [4.78, 5) is 12.4. The van der Waals surface area contributed by atoms with Gasteiger partial charge in [-0.3, -0.25) is 4.79 Å². The molecule has 0 radical (unpaired) electrons. The maximum atomic E-state index is 12.4. The van der Waals surface area contributed by atoms with Crippen molar-refractivity contribution >= 4 is 5.91 Å². The molecule has 0 heterocycles. The number of rotatable bonds is 38. The fourth-order valence-corrected chi connectivity index (χ4v) is 6.35. The van der Waals surface area contributed by atoms with E-state index in [1.54, 1.807) is 0 Å². The maximum absolute atomic E-state index is 12.4. The van der Waals surface area contributed by atoms with Crippen LogP contribution < -0.4 is 5.32 Å². The van der Waals surface area contributed by atoms with Crippen LogP contribution in [0.25, 0.3) is 0 Å². The second-order valence-corrected chi connectivity index (χ2v) is 14.5. The van der Waals surface area contributed by atoms with E-state index in [-0.39, 0.29) is 12.5 Å². The first-order valence-electron chi connectivity index (χ1n) is 21.3. The molecule has 0 aliphatic carbocycles. The van der Waals surface area contributed by atoms with E-state index in [0.717, 1.165) is 44.9 Å². The second kappa shape index (κ2) is 39.4. The molecule has 0 aromatic heterocycles. The molecule has 49 heavy (non-hydrogen) atoms. The zero-order valence-corrected chi connectivity index (χ0v) is 32.6. The minimum atomic E-state index is -1.17.